The van der Waals surface area contributed by atoms with Crippen molar-refractivity contribution >= 4 is 22.4 Å². The number of thiazole rings is 1. The molecular weight excluding hydrogens is 384 g/mol. The molecule has 2 atom stereocenters. The molecule has 0 radical (unpaired) electrons. The molecule has 2 unspecified atom stereocenters. The van der Waals surface area contributed by atoms with Gasteiger partial charge in [0.25, 0.3) is 5.91 Å². The summed E-state index contributed by atoms with van der Waals surface area (Å²) in [6, 6.07) is 7.13. The van der Waals surface area contributed by atoms with E-state index in [-0.39, 0.29) is 5.91 Å². The average molecular weight is 411 g/mol. The fraction of sp³-hybridized carbons (Fsp3) is 0.545. The Morgan fingerprint density at radius 1 is 1.21 bits per heavy atom. The molecule has 2 saturated heterocycles. The molecule has 1 amide bonds. The topological polar surface area (TPSA) is 57.7 Å². The Hall–Kier alpha value is -2.12. The van der Waals surface area contributed by atoms with E-state index in [0.717, 1.165) is 55.8 Å². The molecule has 1 N–H and O–H groups in total. The zero-order chi connectivity index (χ0) is 19.4. The van der Waals surface area contributed by atoms with Gasteiger partial charge in [-0.2, -0.15) is 0 Å². The van der Waals surface area contributed by atoms with E-state index in [2.05, 4.69) is 16.3 Å². The normalized spacial score (nSPS) is 25.4. The van der Waals surface area contributed by atoms with E-state index < -0.39 is 0 Å². The van der Waals surface area contributed by atoms with Crippen LogP contribution in [0.1, 0.15) is 45.8 Å². The third-order valence-electron chi connectivity index (χ3n) is 6.77. The van der Waals surface area contributed by atoms with Crippen molar-refractivity contribution in [3.63, 3.8) is 0 Å². The molecule has 1 aromatic heterocycles. The standard InChI is InChI=1S/C22H26N4O2S/c27-21(17-5-1-3-14-4-2-10-28-20(14)17)25-9-8-18-19(13-25)29-22(24-18)26-15-6-7-16(26)12-23-11-15/h1,3,5,15-16,23H,2,4,6-13H2. The van der Waals surface area contributed by atoms with Crippen LogP contribution in [0.2, 0.25) is 0 Å². The number of para-hydroxylation sites is 1. The van der Waals surface area contributed by atoms with Gasteiger partial charge in [-0.25, -0.2) is 4.98 Å². The summed E-state index contributed by atoms with van der Waals surface area (Å²) in [5.41, 5.74) is 3.07. The lowest BCUT2D eigenvalue weighted by Gasteiger charge is -2.35. The fourth-order valence-electron chi connectivity index (χ4n) is 5.28. The highest BCUT2D eigenvalue weighted by molar-refractivity contribution is 7.15. The molecule has 6 nitrogen and oxygen atoms in total. The highest BCUT2D eigenvalue weighted by Crippen LogP contribution is 2.38. The predicted octanol–water partition coefficient (Wildman–Crippen LogP) is 2.61. The Labute approximate surface area is 174 Å². The minimum atomic E-state index is 0.0894. The van der Waals surface area contributed by atoms with Gasteiger partial charge < -0.3 is 19.9 Å². The van der Waals surface area contributed by atoms with Crippen LogP contribution in [-0.4, -0.2) is 54.1 Å². The maximum Gasteiger partial charge on any atom is 0.257 e. The van der Waals surface area contributed by atoms with Crippen LogP contribution >= 0.6 is 11.3 Å². The lowest BCUT2D eigenvalue weighted by Crippen LogP contribution is -2.51. The SMILES string of the molecule is O=C(c1cccc2c1OCCC2)N1CCc2nc(N3C4CCC3CNC4)sc2C1. The quantitative estimate of drug-likeness (QED) is 0.825. The molecule has 7 heteroatoms. The van der Waals surface area contributed by atoms with Crippen LogP contribution in [-0.2, 0) is 19.4 Å². The average Bonchev–Trinajstić information content (AvgIpc) is 3.29. The van der Waals surface area contributed by atoms with E-state index in [1.807, 2.05) is 17.0 Å². The Bertz CT molecular complexity index is 942. The zero-order valence-electron chi connectivity index (χ0n) is 16.5. The first-order chi connectivity index (χ1) is 14.3. The monoisotopic (exact) mass is 410 g/mol. The van der Waals surface area contributed by atoms with Crippen LogP contribution in [0.15, 0.2) is 18.2 Å². The fourth-order valence-corrected chi connectivity index (χ4v) is 6.55. The number of benzene rings is 1. The lowest BCUT2D eigenvalue weighted by molar-refractivity contribution is 0.0730. The summed E-state index contributed by atoms with van der Waals surface area (Å²) in [5.74, 6) is 0.892. The van der Waals surface area contributed by atoms with E-state index >= 15 is 0 Å². The number of nitrogens with zero attached hydrogens (tertiary/aromatic N) is 3. The molecule has 6 rings (SSSR count). The molecule has 4 aliphatic heterocycles. The van der Waals surface area contributed by atoms with Crippen LogP contribution in [0.25, 0.3) is 0 Å². The van der Waals surface area contributed by atoms with E-state index in [4.69, 9.17) is 9.72 Å². The number of hydrogen-bond donors (Lipinski definition) is 1. The van der Waals surface area contributed by atoms with Crippen molar-refractivity contribution in [1.82, 2.24) is 15.2 Å². The summed E-state index contributed by atoms with van der Waals surface area (Å²) in [4.78, 5) is 24.1. The van der Waals surface area contributed by atoms with Gasteiger partial charge in [0.2, 0.25) is 0 Å². The van der Waals surface area contributed by atoms with Gasteiger partial charge in [0.15, 0.2) is 5.13 Å². The van der Waals surface area contributed by atoms with Crippen LogP contribution < -0.4 is 15.0 Å². The molecular formula is C22H26N4O2S. The summed E-state index contributed by atoms with van der Waals surface area (Å²) in [7, 11) is 0. The van der Waals surface area contributed by atoms with Crippen molar-refractivity contribution in [2.24, 2.45) is 0 Å². The van der Waals surface area contributed by atoms with E-state index in [9.17, 15) is 4.79 Å². The Morgan fingerprint density at radius 3 is 2.93 bits per heavy atom. The summed E-state index contributed by atoms with van der Waals surface area (Å²) < 4.78 is 5.88. The number of hydrogen-bond acceptors (Lipinski definition) is 6. The number of aromatic nitrogens is 1. The Morgan fingerprint density at radius 2 is 2.07 bits per heavy atom. The predicted molar refractivity (Wildman–Crippen MR) is 113 cm³/mol. The van der Waals surface area contributed by atoms with Crippen molar-refractivity contribution in [3.8, 4) is 5.75 Å². The molecule has 2 bridgehead atoms. The molecule has 0 aliphatic carbocycles. The molecule has 2 aromatic rings. The number of amides is 1. The first-order valence-electron chi connectivity index (χ1n) is 10.8. The van der Waals surface area contributed by atoms with Crippen molar-refractivity contribution in [2.75, 3.05) is 31.1 Å². The maximum absolute atomic E-state index is 13.3. The number of rotatable bonds is 2. The van der Waals surface area contributed by atoms with Gasteiger partial charge in [0.1, 0.15) is 5.75 Å². The van der Waals surface area contributed by atoms with Crippen molar-refractivity contribution in [1.29, 1.82) is 0 Å². The third-order valence-corrected chi connectivity index (χ3v) is 7.87. The lowest BCUT2D eigenvalue weighted by atomic mass is 10.0. The second-order valence-electron chi connectivity index (χ2n) is 8.54. The number of aryl methyl sites for hydroxylation is 1. The molecule has 152 valence electrons. The number of fused-ring (bicyclic) bond motifs is 4. The Kier molecular flexibility index (Phi) is 4.27. The van der Waals surface area contributed by atoms with Crippen molar-refractivity contribution in [3.05, 3.63) is 39.9 Å². The second kappa shape index (κ2) is 6.99. The molecule has 2 fully saturated rings. The first-order valence-corrected chi connectivity index (χ1v) is 11.6. The minimum absolute atomic E-state index is 0.0894. The third kappa shape index (κ3) is 2.94. The van der Waals surface area contributed by atoms with Crippen molar-refractivity contribution < 1.29 is 9.53 Å². The smallest absolute Gasteiger partial charge is 0.257 e. The van der Waals surface area contributed by atoms with Crippen LogP contribution in [0.3, 0.4) is 0 Å². The van der Waals surface area contributed by atoms with Crippen LogP contribution in [0.5, 0.6) is 5.75 Å². The first kappa shape index (κ1) is 17.7. The van der Waals surface area contributed by atoms with Gasteiger partial charge in [0, 0.05) is 43.0 Å². The van der Waals surface area contributed by atoms with Gasteiger partial charge >= 0.3 is 0 Å². The van der Waals surface area contributed by atoms with Gasteiger partial charge in [-0.1, -0.05) is 23.5 Å². The number of nitrogens with one attached hydrogen (secondary N) is 1. The molecule has 5 heterocycles. The van der Waals surface area contributed by atoms with E-state index in [0.29, 0.717) is 25.2 Å². The summed E-state index contributed by atoms with van der Waals surface area (Å²) in [5, 5.41) is 4.71. The van der Waals surface area contributed by atoms with E-state index in [1.54, 1.807) is 11.3 Å². The van der Waals surface area contributed by atoms with Gasteiger partial charge in [-0.15, -0.1) is 0 Å². The highest BCUT2D eigenvalue weighted by Gasteiger charge is 2.39. The molecule has 0 spiro atoms. The summed E-state index contributed by atoms with van der Waals surface area (Å²) in [6.07, 6.45) is 5.37. The number of ether oxygens (including phenoxy) is 1. The molecule has 4 aliphatic rings. The van der Waals surface area contributed by atoms with Crippen LogP contribution in [0, 0.1) is 0 Å². The molecule has 1 aromatic carbocycles. The van der Waals surface area contributed by atoms with Gasteiger partial charge in [0.05, 0.1) is 24.4 Å². The van der Waals surface area contributed by atoms with Gasteiger partial charge in [-0.05, 0) is 37.3 Å². The van der Waals surface area contributed by atoms with E-state index in [1.165, 1.54) is 28.5 Å². The molecule has 29 heavy (non-hydrogen) atoms. The molecule has 0 saturated carbocycles. The number of anilines is 1. The number of carbonyl (C=O) groups excluding carboxylic acids is 1. The highest BCUT2D eigenvalue weighted by atomic mass is 32.1. The number of carbonyl (C=O) groups is 1. The summed E-state index contributed by atoms with van der Waals surface area (Å²) in [6.45, 7) is 4.21. The number of piperazine rings is 1. The van der Waals surface area contributed by atoms with Crippen molar-refractivity contribution in [2.45, 2.75) is 50.7 Å². The van der Waals surface area contributed by atoms with Gasteiger partial charge in [-0.3, -0.25) is 4.79 Å². The largest absolute Gasteiger partial charge is 0.492 e. The second-order valence-corrected chi connectivity index (χ2v) is 9.60. The minimum Gasteiger partial charge on any atom is -0.492 e. The zero-order valence-corrected chi connectivity index (χ0v) is 17.3. The maximum atomic E-state index is 13.3. The Balaban J connectivity index is 1.25. The summed E-state index contributed by atoms with van der Waals surface area (Å²) >= 11 is 1.80. The van der Waals surface area contributed by atoms with Crippen LogP contribution in [0.4, 0.5) is 5.13 Å².